The Morgan fingerprint density at radius 1 is 1.12 bits per heavy atom. The summed E-state index contributed by atoms with van der Waals surface area (Å²) >= 11 is 0. The number of oxime groups is 1. The Morgan fingerprint density at radius 3 is 2.59 bits per heavy atom. The molecule has 2 aromatic heterocycles. The maximum Gasteiger partial charge on any atom is 0.235 e. The van der Waals surface area contributed by atoms with Gasteiger partial charge in [0.2, 0.25) is 5.78 Å². The van der Waals surface area contributed by atoms with Crippen molar-refractivity contribution in [3.8, 4) is 0 Å². The first-order chi connectivity index (χ1) is 8.33. The SMILES string of the molecule is O=C(C(=NO)c1ccncn1)c1ccccn1. The minimum Gasteiger partial charge on any atom is -0.410 e. The molecule has 84 valence electrons. The van der Waals surface area contributed by atoms with Gasteiger partial charge in [0.1, 0.15) is 12.0 Å². The fourth-order valence-electron chi connectivity index (χ4n) is 1.26. The molecular formula is C11H8N4O2. The van der Waals surface area contributed by atoms with Gasteiger partial charge in [0.15, 0.2) is 5.71 Å². The minimum absolute atomic E-state index is 0.161. The Bertz CT molecular complexity index is 540. The molecule has 0 saturated heterocycles. The Balaban J connectivity index is 2.37. The van der Waals surface area contributed by atoms with Crippen LogP contribution in [0.3, 0.4) is 0 Å². The Kier molecular flexibility index (Phi) is 3.15. The standard InChI is InChI=1S/C11H8N4O2/c16-11(9-3-1-2-5-13-9)10(15-17)8-4-6-12-7-14-8/h1-7,17H. The molecule has 0 radical (unpaired) electrons. The molecule has 0 spiro atoms. The maximum atomic E-state index is 12.0. The van der Waals surface area contributed by atoms with Crippen LogP contribution in [0.25, 0.3) is 0 Å². The van der Waals surface area contributed by atoms with E-state index in [1.165, 1.54) is 30.9 Å². The summed E-state index contributed by atoms with van der Waals surface area (Å²) in [5, 5.41) is 11.9. The van der Waals surface area contributed by atoms with Crippen molar-refractivity contribution in [2.75, 3.05) is 0 Å². The largest absolute Gasteiger partial charge is 0.410 e. The molecule has 0 atom stereocenters. The second kappa shape index (κ2) is 4.93. The van der Waals surface area contributed by atoms with Crippen LogP contribution in [0.2, 0.25) is 0 Å². The highest BCUT2D eigenvalue weighted by Gasteiger charge is 2.18. The number of aromatic nitrogens is 3. The van der Waals surface area contributed by atoms with Crippen molar-refractivity contribution in [1.29, 1.82) is 0 Å². The third kappa shape index (κ3) is 2.31. The number of ketones is 1. The predicted molar refractivity (Wildman–Crippen MR) is 58.9 cm³/mol. The zero-order valence-electron chi connectivity index (χ0n) is 8.69. The van der Waals surface area contributed by atoms with E-state index >= 15 is 0 Å². The third-order valence-electron chi connectivity index (χ3n) is 2.04. The summed E-state index contributed by atoms with van der Waals surface area (Å²) in [4.78, 5) is 23.4. The summed E-state index contributed by atoms with van der Waals surface area (Å²) in [6.07, 6.45) is 4.22. The molecule has 2 aromatic rings. The molecular weight excluding hydrogens is 220 g/mol. The van der Waals surface area contributed by atoms with E-state index in [1.54, 1.807) is 12.1 Å². The number of nitrogens with zero attached hydrogens (tertiary/aromatic N) is 4. The quantitative estimate of drug-likeness (QED) is 0.365. The lowest BCUT2D eigenvalue weighted by molar-refractivity contribution is 0.105. The molecule has 0 fully saturated rings. The molecule has 2 rings (SSSR count). The third-order valence-corrected chi connectivity index (χ3v) is 2.04. The molecule has 6 heteroatoms. The van der Waals surface area contributed by atoms with Crippen LogP contribution in [0.4, 0.5) is 0 Å². The van der Waals surface area contributed by atoms with Gasteiger partial charge in [-0.25, -0.2) is 9.97 Å². The van der Waals surface area contributed by atoms with Crippen molar-refractivity contribution in [3.05, 3.63) is 54.4 Å². The van der Waals surface area contributed by atoms with Gasteiger partial charge < -0.3 is 5.21 Å². The average molecular weight is 228 g/mol. The van der Waals surface area contributed by atoms with Crippen LogP contribution in [0.15, 0.2) is 48.1 Å². The lowest BCUT2D eigenvalue weighted by atomic mass is 10.1. The maximum absolute atomic E-state index is 12.0. The number of carbonyl (C=O) groups excluding carboxylic acids is 1. The zero-order valence-corrected chi connectivity index (χ0v) is 8.69. The lowest BCUT2D eigenvalue weighted by Crippen LogP contribution is -2.18. The molecule has 0 aromatic carbocycles. The number of Topliss-reactive ketones (excluding diaryl/α,β-unsaturated/α-hetero) is 1. The first kappa shape index (κ1) is 10.9. The van der Waals surface area contributed by atoms with Crippen LogP contribution in [-0.4, -0.2) is 31.7 Å². The summed E-state index contributed by atoms with van der Waals surface area (Å²) in [7, 11) is 0. The summed E-state index contributed by atoms with van der Waals surface area (Å²) in [6.45, 7) is 0. The number of rotatable bonds is 3. The van der Waals surface area contributed by atoms with Crippen LogP contribution in [0, 0.1) is 0 Å². The van der Waals surface area contributed by atoms with E-state index in [0.29, 0.717) is 0 Å². The Hall–Kier alpha value is -2.63. The fourth-order valence-corrected chi connectivity index (χ4v) is 1.26. The molecule has 0 saturated carbocycles. The number of hydrogen-bond acceptors (Lipinski definition) is 6. The molecule has 0 bridgehead atoms. The highest BCUT2D eigenvalue weighted by atomic mass is 16.4. The number of carbonyl (C=O) groups is 1. The van der Waals surface area contributed by atoms with Crippen molar-refractivity contribution in [1.82, 2.24) is 15.0 Å². The molecule has 0 aliphatic carbocycles. The average Bonchev–Trinajstić information content (AvgIpc) is 2.42. The molecule has 0 aliphatic heterocycles. The van der Waals surface area contributed by atoms with E-state index in [1.807, 2.05) is 0 Å². The molecule has 0 amide bonds. The van der Waals surface area contributed by atoms with Crippen LogP contribution < -0.4 is 0 Å². The molecule has 1 N–H and O–H groups in total. The highest BCUT2D eigenvalue weighted by molar-refractivity contribution is 6.50. The van der Waals surface area contributed by atoms with Crippen LogP contribution in [0.1, 0.15) is 16.2 Å². The van der Waals surface area contributed by atoms with E-state index < -0.39 is 5.78 Å². The first-order valence-electron chi connectivity index (χ1n) is 4.77. The van der Waals surface area contributed by atoms with Crippen molar-refractivity contribution < 1.29 is 10.0 Å². The first-order valence-corrected chi connectivity index (χ1v) is 4.77. The second-order valence-corrected chi connectivity index (χ2v) is 3.09. The monoisotopic (exact) mass is 228 g/mol. The summed E-state index contributed by atoms with van der Waals surface area (Å²) in [5.41, 5.74) is 0.281. The summed E-state index contributed by atoms with van der Waals surface area (Å²) in [6, 6.07) is 6.39. The lowest BCUT2D eigenvalue weighted by Gasteiger charge is -2.01. The van der Waals surface area contributed by atoms with E-state index in [-0.39, 0.29) is 17.1 Å². The smallest absolute Gasteiger partial charge is 0.235 e. The van der Waals surface area contributed by atoms with Gasteiger partial charge in [0.25, 0.3) is 0 Å². The van der Waals surface area contributed by atoms with E-state index in [9.17, 15) is 4.79 Å². The van der Waals surface area contributed by atoms with Gasteiger partial charge in [0.05, 0.1) is 5.69 Å². The highest BCUT2D eigenvalue weighted by Crippen LogP contribution is 2.03. The van der Waals surface area contributed by atoms with Gasteiger partial charge in [0, 0.05) is 12.4 Å². The Labute approximate surface area is 96.7 Å². The second-order valence-electron chi connectivity index (χ2n) is 3.09. The van der Waals surface area contributed by atoms with Crippen LogP contribution in [0.5, 0.6) is 0 Å². The number of hydrogen-bond donors (Lipinski definition) is 1. The van der Waals surface area contributed by atoms with E-state index in [0.717, 1.165) is 0 Å². The Morgan fingerprint density at radius 2 is 2.00 bits per heavy atom. The van der Waals surface area contributed by atoms with Gasteiger partial charge in [-0.1, -0.05) is 11.2 Å². The minimum atomic E-state index is -0.494. The predicted octanol–water partition coefficient (Wildman–Crippen LogP) is 0.933. The van der Waals surface area contributed by atoms with Gasteiger partial charge in [-0.3, -0.25) is 9.78 Å². The van der Waals surface area contributed by atoms with E-state index in [2.05, 4.69) is 20.1 Å². The molecule has 0 aliphatic rings. The van der Waals surface area contributed by atoms with Crippen molar-refractivity contribution in [2.45, 2.75) is 0 Å². The van der Waals surface area contributed by atoms with Gasteiger partial charge in [-0.05, 0) is 18.2 Å². The van der Waals surface area contributed by atoms with Crippen molar-refractivity contribution in [3.63, 3.8) is 0 Å². The van der Waals surface area contributed by atoms with Gasteiger partial charge >= 0.3 is 0 Å². The van der Waals surface area contributed by atoms with Crippen molar-refractivity contribution >= 4 is 11.5 Å². The van der Waals surface area contributed by atoms with Crippen LogP contribution >= 0.6 is 0 Å². The molecule has 0 unspecified atom stereocenters. The fraction of sp³-hybridized carbons (Fsp3) is 0. The van der Waals surface area contributed by atoms with Gasteiger partial charge in [-0.2, -0.15) is 0 Å². The summed E-state index contributed by atoms with van der Waals surface area (Å²) < 4.78 is 0. The topological polar surface area (TPSA) is 88.3 Å². The van der Waals surface area contributed by atoms with Crippen LogP contribution in [-0.2, 0) is 0 Å². The normalized spacial score (nSPS) is 11.2. The molecule has 6 nitrogen and oxygen atoms in total. The number of pyridine rings is 1. The van der Waals surface area contributed by atoms with E-state index in [4.69, 9.17) is 5.21 Å². The summed E-state index contributed by atoms with van der Waals surface area (Å²) in [5.74, 6) is -0.494. The van der Waals surface area contributed by atoms with Gasteiger partial charge in [-0.15, -0.1) is 0 Å². The molecule has 17 heavy (non-hydrogen) atoms. The zero-order chi connectivity index (χ0) is 12.1. The van der Waals surface area contributed by atoms with Crippen molar-refractivity contribution in [2.24, 2.45) is 5.16 Å². The molecule has 2 heterocycles.